The summed E-state index contributed by atoms with van der Waals surface area (Å²) in [6.45, 7) is 1.66. The number of anilines is 1. The van der Waals surface area contributed by atoms with Gasteiger partial charge in [0.05, 0.1) is 17.8 Å². The number of hydrazone groups is 1. The number of halogens is 2. The molecule has 0 aliphatic rings. The van der Waals surface area contributed by atoms with Crippen molar-refractivity contribution in [1.82, 2.24) is 5.43 Å². The molecule has 0 heterocycles. The lowest BCUT2D eigenvalue weighted by Gasteiger charge is -2.09. The van der Waals surface area contributed by atoms with Crippen LogP contribution < -0.4 is 20.2 Å². The van der Waals surface area contributed by atoms with E-state index in [2.05, 4.69) is 15.8 Å². The monoisotopic (exact) mass is 469 g/mol. The fourth-order valence-electron chi connectivity index (χ4n) is 2.73. The predicted molar refractivity (Wildman–Crippen MR) is 124 cm³/mol. The van der Waals surface area contributed by atoms with Gasteiger partial charge >= 0.3 is 11.8 Å². The van der Waals surface area contributed by atoms with E-state index in [9.17, 15) is 14.0 Å². The van der Waals surface area contributed by atoms with E-state index >= 15 is 0 Å². The first kappa shape index (κ1) is 23.7. The van der Waals surface area contributed by atoms with Gasteiger partial charge in [0.25, 0.3) is 0 Å². The molecule has 7 nitrogen and oxygen atoms in total. The van der Waals surface area contributed by atoms with E-state index in [1.54, 1.807) is 61.5 Å². The van der Waals surface area contributed by atoms with Gasteiger partial charge in [0.15, 0.2) is 0 Å². The average molecular weight is 470 g/mol. The molecule has 0 radical (unpaired) electrons. The highest BCUT2D eigenvalue weighted by molar-refractivity contribution is 6.39. The minimum atomic E-state index is -0.910. The molecule has 9 heteroatoms. The summed E-state index contributed by atoms with van der Waals surface area (Å²) < 4.78 is 24.5. The Kier molecular flexibility index (Phi) is 7.99. The van der Waals surface area contributed by atoms with Crippen molar-refractivity contribution in [2.75, 3.05) is 12.4 Å². The first-order valence-corrected chi connectivity index (χ1v) is 10.2. The van der Waals surface area contributed by atoms with Crippen molar-refractivity contribution in [3.05, 3.63) is 88.7 Å². The van der Waals surface area contributed by atoms with Crippen molar-refractivity contribution in [3.8, 4) is 11.5 Å². The summed E-state index contributed by atoms with van der Waals surface area (Å²) >= 11 is 6.00. The third kappa shape index (κ3) is 6.54. The number of methoxy groups -OCH3 is 1. The van der Waals surface area contributed by atoms with Gasteiger partial charge < -0.3 is 14.8 Å². The summed E-state index contributed by atoms with van der Waals surface area (Å²) in [7, 11) is 1.53. The second kappa shape index (κ2) is 11.1. The third-order valence-corrected chi connectivity index (χ3v) is 4.95. The van der Waals surface area contributed by atoms with Crippen LogP contribution in [-0.2, 0) is 16.2 Å². The van der Waals surface area contributed by atoms with Gasteiger partial charge in [-0.15, -0.1) is 0 Å². The van der Waals surface area contributed by atoms with E-state index < -0.39 is 17.6 Å². The van der Waals surface area contributed by atoms with Crippen LogP contribution in [0.2, 0.25) is 5.02 Å². The van der Waals surface area contributed by atoms with Gasteiger partial charge in [-0.2, -0.15) is 5.10 Å². The van der Waals surface area contributed by atoms with E-state index in [1.807, 2.05) is 0 Å². The maximum Gasteiger partial charge on any atom is 0.329 e. The molecule has 2 amide bonds. The molecular weight excluding hydrogens is 449 g/mol. The number of rotatable bonds is 7. The topological polar surface area (TPSA) is 89.0 Å². The fraction of sp³-hybridized carbons (Fsp3) is 0.125. The number of hydrogen-bond donors (Lipinski definition) is 2. The summed E-state index contributed by atoms with van der Waals surface area (Å²) in [6, 6.07) is 17.8. The Balaban J connectivity index is 1.54. The highest BCUT2D eigenvalue weighted by Gasteiger charge is 2.13. The molecule has 3 rings (SSSR count). The number of nitrogens with zero attached hydrogens (tertiary/aromatic N) is 1. The second-order valence-corrected chi connectivity index (χ2v) is 7.24. The van der Waals surface area contributed by atoms with Crippen molar-refractivity contribution in [1.29, 1.82) is 0 Å². The minimum absolute atomic E-state index is 0.0166. The first-order chi connectivity index (χ1) is 15.9. The van der Waals surface area contributed by atoms with Gasteiger partial charge in [-0.05, 0) is 73.2 Å². The molecular formula is C24H21ClFN3O4. The number of nitrogens with one attached hydrogen (secondary N) is 2. The van der Waals surface area contributed by atoms with Gasteiger partial charge in [0.2, 0.25) is 0 Å². The van der Waals surface area contributed by atoms with E-state index in [-0.39, 0.29) is 12.2 Å². The summed E-state index contributed by atoms with van der Waals surface area (Å²) in [4.78, 5) is 24.0. The van der Waals surface area contributed by atoms with Crippen molar-refractivity contribution in [2.24, 2.45) is 5.10 Å². The molecule has 33 heavy (non-hydrogen) atoms. The van der Waals surface area contributed by atoms with Crippen molar-refractivity contribution in [3.63, 3.8) is 0 Å². The number of carbonyl (C=O) groups is 2. The standard InChI is InChI=1S/C24H21ClFN3O4/c1-15(28-29-24(31)23(30)27-17-8-12-18(32-2)13-9-17)16-6-10-19(11-7-16)33-14-20-21(25)4-3-5-22(20)26/h3-13H,14H2,1-2H3,(H,27,30)(H,29,31)/b28-15+. The Morgan fingerprint density at radius 1 is 0.970 bits per heavy atom. The second-order valence-electron chi connectivity index (χ2n) is 6.83. The summed E-state index contributed by atoms with van der Waals surface area (Å²) in [5.41, 5.74) is 4.12. The SMILES string of the molecule is COc1ccc(NC(=O)C(=O)N/N=C(\C)c2ccc(OCc3c(F)cccc3Cl)cc2)cc1. The normalized spacial score (nSPS) is 11.0. The molecule has 3 aromatic rings. The molecule has 0 aromatic heterocycles. The lowest BCUT2D eigenvalue weighted by Crippen LogP contribution is -2.32. The number of benzene rings is 3. The molecule has 0 bridgehead atoms. The third-order valence-electron chi connectivity index (χ3n) is 4.60. The van der Waals surface area contributed by atoms with Crippen LogP contribution in [0.3, 0.4) is 0 Å². The number of hydrogen-bond acceptors (Lipinski definition) is 5. The largest absolute Gasteiger partial charge is 0.497 e. The number of amides is 2. The first-order valence-electron chi connectivity index (χ1n) is 9.83. The molecule has 0 atom stereocenters. The summed E-state index contributed by atoms with van der Waals surface area (Å²) in [5.74, 6) is -1.06. The molecule has 0 saturated carbocycles. The van der Waals surface area contributed by atoms with Gasteiger partial charge in [-0.3, -0.25) is 9.59 Å². The molecule has 170 valence electrons. The lowest BCUT2D eigenvalue weighted by atomic mass is 10.1. The van der Waals surface area contributed by atoms with Crippen LogP contribution in [0, 0.1) is 5.82 Å². The lowest BCUT2D eigenvalue weighted by molar-refractivity contribution is -0.136. The minimum Gasteiger partial charge on any atom is -0.497 e. The molecule has 0 aliphatic carbocycles. The zero-order valence-corrected chi connectivity index (χ0v) is 18.7. The Morgan fingerprint density at radius 2 is 1.64 bits per heavy atom. The van der Waals surface area contributed by atoms with Crippen LogP contribution in [0.5, 0.6) is 11.5 Å². The average Bonchev–Trinajstić information content (AvgIpc) is 2.82. The highest BCUT2D eigenvalue weighted by Crippen LogP contribution is 2.22. The van der Waals surface area contributed by atoms with Crippen LogP contribution in [0.15, 0.2) is 71.8 Å². The van der Waals surface area contributed by atoms with Crippen LogP contribution in [0.1, 0.15) is 18.1 Å². The van der Waals surface area contributed by atoms with Crippen molar-refractivity contribution in [2.45, 2.75) is 13.5 Å². The Morgan fingerprint density at radius 3 is 2.27 bits per heavy atom. The smallest absolute Gasteiger partial charge is 0.329 e. The van der Waals surface area contributed by atoms with Gasteiger partial charge in [0, 0.05) is 11.3 Å². The Hall–Kier alpha value is -3.91. The zero-order chi connectivity index (χ0) is 23.8. The number of carbonyl (C=O) groups excluding carboxylic acids is 2. The van der Waals surface area contributed by atoms with Crippen LogP contribution in [0.4, 0.5) is 10.1 Å². The quantitative estimate of drug-likeness (QED) is 0.302. The molecule has 2 N–H and O–H groups in total. The van der Waals surface area contributed by atoms with Gasteiger partial charge in [-0.25, -0.2) is 9.82 Å². The van der Waals surface area contributed by atoms with Crippen LogP contribution in [0.25, 0.3) is 0 Å². The molecule has 0 saturated heterocycles. The van der Waals surface area contributed by atoms with Crippen molar-refractivity contribution >= 4 is 34.8 Å². The van der Waals surface area contributed by atoms with E-state index in [0.29, 0.717) is 33.5 Å². The Bertz CT molecular complexity index is 1150. The Labute approximate surface area is 195 Å². The molecule has 0 fully saturated rings. The summed E-state index contributed by atoms with van der Waals surface area (Å²) in [6.07, 6.45) is 0. The van der Waals surface area contributed by atoms with Crippen molar-refractivity contribution < 1.29 is 23.5 Å². The van der Waals surface area contributed by atoms with Gasteiger partial charge in [0.1, 0.15) is 23.9 Å². The molecule has 0 spiro atoms. The molecule has 3 aromatic carbocycles. The summed E-state index contributed by atoms with van der Waals surface area (Å²) in [5, 5.41) is 6.72. The van der Waals surface area contributed by atoms with Crippen LogP contribution in [-0.4, -0.2) is 24.6 Å². The predicted octanol–water partition coefficient (Wildman–Crippen LogP) is 4.55. The zero-order valence-electron chi connectivity index (χ0n) is 17.9. The van der Waals surface area contributed by atoms with E-state index in [0.717, 1.165) is 0 Å². The fourth-order valence-corrected chi connectivity index (χ4v) is 2.95. The number of ether oxygens (including phenoxy) is 2. The molecule has 0 aliphatic heterocycles. The molecule has 0 unspecified atom stereocenters. The van der Waals surface area contributed by atoms with E-state index in [1.165, 1.54) is 19.2 Å². The maximum atomic E-state index is 13.8. The highest BCUT2D eigenvalue weighted by atomic mass is 35.5. The van der Waals surface area contributed by atoms with E-state index in [4.69, 9.17) is 21.1 Å². The van der Waals surface area contributed by atoms with Crippen LogP contribution >= 0.6 is 11.6 Å². The van der Waals surface area contributed by atoms with Gasteiger partial charge in [-0.1, -0.05) is 17.7 Å². The maximum absolute atomic E-state index is 13.8.